The Bertz CT molecular complexity index is 1550. The largest absolute Gasteiger partial charge is 0.508 e. The lowest BCUT2D eigenvalue weighted by Crippen LogP contribution is -2.58. The Kier molecular flexibility index (Phi) is 12.5. The van der Waals surface area contributed by atoms with Gasteiger partial charge in [0.1, 0.15) is 23.9 Å². The number of carbonyl (C=O) groups excluding carboxylic acids is 5. The number of aromatic hydroxyl groups is 1. The quantitative estimate of drug-likeness (QED) is 0.137. The van der Waals surface area contributed by atoms with Gasteiger partial charge in [0.25, 0.3) is 0 Å². The summed E-state index contributed by atoms with van der Waals surface area (Å²) in [6.07, 6.45) is 1.44. The number of carbonyl (C=O) groups is 5. The Balaban J connectivity index is 1.45. The van der Waals surface area contributed by atoms with Crippen molar-refractivity contribution in [1.29, 1.82) is 0 Å². The number of primary amides is 1. The van der Waals surface area contributed by atoms with Gasteiger partial charge < -0.3 is 37.4 Å². The SMILES string of the molecule is NC(=O)[C@H](Cc1ccc(NC(=O)CBr)cc1)NC(=O)[C@H](Cc1ccccc1)NC(=O)[C@@H]1CCCN1C(=O)[C@@H](N)Cc1ccc(O)cc1. The third kappa shape index (κ3) is 10.1. The van der Waals surface area contributed by atoms with Crippen LogP contribution in [0.2, 0.25) is 0 Å². The summed E-state index contributed by atoms with van der Waals surface area (Å²) < 4.78 is 0. The number of nitrogens with one attached hydrogen (secondary N) is 3. The lowest BCUT2D eigenvalue weighted by molar-refractivity contribution is -0.140. The molecule has 4 rings (SSSR count). The number of rotatable bonds is 14. The lowest BCUT2D eigenvalue weighted by atomic mass is 10.0. The molecule has 3 aromatic carbocycles. The third-order valence-corrected chi connectivity index (χ3v) is 8.43. The van der Waals surface area contributed by atoms with E-state index in [4.69, 9.17) is 11.5 Å². The Morgan fingerprint density at radius 1 is 0.830 bits per heavy atom. The Hall–Kier alpha value is -4.75. The molecule has 13 heteroatoms. The zero-order valence-corrected chi connectivity index (χ0v) is 27.3. The van der Waals surface area contributed by atoms with Gasteiger partial charge in [0.05, 0.1) is 11.4 Å². The third-order valence-electron chi connectivity index (χ3n) is 7.92. The van der Waals surface area contributed by atoms with E-state index in [-0.39, 0.29) is 42.2 Å². The molecule has 0 saturated carbocycles. The van der Waals surface area contributed by atoms with E-state index in [9.17, 15) is 29.1 Å². The first-order valence-corrected chi connectivity index (χ1v) is 16.4. The van der Waals surface area contributed by atoms with E-state index in [0.29, 0.717) is 30.6 Å². The van der Waals surface area contributed by atoms with Crippen molar-refractivity contribution in [3.05, 3.63) is 95.6 Å². The van der Waals surface area contributed by atoms with Crippen molar-refractivity contribution in [3.63, 3.8) is 0 Å². The molecule has 3 aromatic rings. The fourth-order valence-corrected chi connectivity index (χ4v) is 5.61. The highest BCUT2D eigenvalue weighted by Crippen LogP contribution is 2.20. The van der Waals surface area contributed by atoms with E-state index < -0.39 is 41.9 Å². The lowest BCUT2D eigenvalue weighted by Gasteiger charge is -2.29. The zero-order chi connectivity index (χ0) is 33.9. The van der Waals surface area contributed by atoms with Crippen LogP contribution in [0.5, 0.6) is 5.75 Å². The number of nitrogens with two attached hydrogens (primary N) is 2. The molecule has 0 spiro atoms. The molecule has 8 N–H and O–H groups in total. The van der Waals surface area contributed by atoms with Crippen molar-refractivity contribution in [1.82, 2.24) is 15.5 Å². The minimum absolute atomic E-state index is 0.0869. The van der Waals surface area contributed by atoms with E-state index in [1.54, 1.807) is 36.4 Å². The summed E-state index contributed by atoms with van der Waals surface area (Å²) in [6, 6.07) is 18.4. The molecule has 1 saturated heterocycles. The molecule has 0 aromatic heterocycles. The fourth-order valence-electron chi connectivity index (χ4n) is 5.47. The molecule has 5 amide bonds. The summed E-state index contributed by atoms with van der Waals surface area (Å²) in [4.78, 5) is 66.2. The summed E-state index contributed by atoms with van der Waals surface area (Å²) in [5.74, 6) is -2.35. The Labute approximate surface area is 281 Å². The molecule has 1 aliphatic heterocycles. The second-order valence-electron chi connectivity index (χ2n) is 11.5. The van der Waals surface area contributed by atoms with E-state index in [0.717, 1.165) is 11.1 Å². The van der Waals surface area contributed by atoms with Crippen LogP contribution in [0.25, 0.3) is 0 Å². The van der Waals surface area contributed by atoms with E-state index >= 15 is 0 Å². The average molecular weight is 708 g/mol. The highest BCUT2D eigenvalue weighted by Gasteiger charge is 2.38. The molecule has 1 fully saturated rings. The summed E-state index contributed by atoms with van der Waals surface area (Å²) in [6.45, 7) is 0.345. The zero-order valence-electron chi connectivity index (χ0n) is 25.7. The summed E-state index contributed by atoms with van der Waals surface area (Å²) in [5, 5.41) is 17.9. The van der Waals surface area contributed by atoms with Gasteiger partial charge in [0.15, 0.2) is 0 Å². The van der Waals surface area contributed by atoms with Gasteiger partial charge >= 0.3 is 0 Å². The van der Waals surface area contributed by atoms with Crippen LogP contribution in [0, 0.1) is 0 Å². The van der Waals surface area contributed by atoms with Gasteiger partial charge in [-0.15, -0.1) is 0 Å². The van der Waals surface area contributed by atoms with Crippen LogP contribution in [0.1, 0.15) is 29.5 Å². The number of nitrogens with zero attached hydrogens (tertiary/aromatic N) is 1. The molecular formula is C34H39BrN6O6. The first kappa shape index (κ1) is 35.1. The fraction of sp³-hybridized carbons (Fsp3) is 0.324. The number of phenolic OH excluding ortho intramolecular Hbond substituents is 1. The molecule has 0 radical (unpaired) electrons. The van der Waals surface area contributed by atoms with E-state index in [2.05, 4.69) is 31.9 Å². The molecule has 0 aliphatic carbocycles. The number of hydrogen-bond donors (Lipinski definition) is 6. The number of halogens is 1. The standard InChI is InChI=1S/C34H39BrN6O6/c35-20-30(43)38-24-12-8-23(9-13-24)18-27(31(37)44)39-32(45)28(19-21-5-2-1-3-6-21)40-33(46)29-7-4-16-41(29)34(47)26(36)17-22-10-14-25(42)15-11-22/h1-3,5-6,8-15,26-29,42H,4,7,16-20,36H2,(H2,37,44)(H,38,43)(H,39,45)(H,40,46)/t26-,27-,28-,29-/m0/s1. The van der Waals surface area contributed by atoms with Crippen LogP contribution in [-0.4, -0.2) is 75.6 Å². The molecule has 4 atom stereocenters. The van der Waals surface area contributed by atoms with Crippen molar-refractivity contribution in [2.75, 3.05) is 17.2 Å². The van der Waals surface area contributed by atoms with Crippen LogP contribution in [0.15, 0.2) is 78.9 Å². The number of alkyl halides is 1. The number of benzene rings is 3. The molecule has 0 bridgehead atoms. The highest BCUT2D eigenvalue weighted by atomic mass is 79.9. The molecule has 248 valence electrons. The smallest absolute Gasteiger partial charge is 0.243 e. The van der Waals surface area contributed by atoms with E-state index in [1.807, 2.05) is 30.3 Å². The van der Waals surface area contributed by atoms with Crippen LogP contribution in [0.3, 0.4) is 0 Å². The van der Waals surface area contributed by atoms with Crippen molar-refractivity contribution >= 4 is 51.2 Å². The maximum Gasteiger partial charge on any atom is 0.243 e. The maximum absolute atomic E-state index is 13.7. The highest BCUT2D eigenvalue weighted by molar-refractivity contribution is 9.09. The molecule has 0 unspecified atom stereocenters. The van der Waals surface area contributed by atoms with Crippen molar-refractivity contribution in [2.24, 2.45) is 11.5 Å². The number of likely N-dealkylation sites (tertiary alicyclic amines) is 1. The van der Waals surface area contributed by atoms with Gasteiger partial charge in [-0.1, -0.05) is 70.5 Å². The molecule has 1 heterocycles. The number of phenols is 1. The monoisotopic (exact) mass is 706 g/mol. The van der Waals surface area contributed by atoms with Gasteiger partial charge in [-0.2, -0.15) is 0 Å². The maximum atomic E-state index is 13.7. The number of amides is 5. The van der Waals surface area contributed by atoms with Crippen molar-refractivity contribution < 1.29 is 29.1 Å². The number of hydrogen-bond acceptors (Lipinski definition) is 7. The number of anilines is 1. The van der Waals surface area contributed by atoms with Gasteiger partial charge in [0, 0.05) is 25.1 Å². The molecular weight excluding hydrogens is 668 g/mol. The van der Waals surface area contributed by atoms with Crippen molar-refractivity contribution in [3.8, 4) is 5.75 Å². The van der Waals surface area contributed by atoms with Crippen LogP contribution in [0.4, 0.5) is 5.69 Å². The van der Waals surface area contributed by atoms with Gasteiger partial charge in [-0.3, -0.25) is 24.0 Å². The van der Waals surface area contributed by atoms with Crippen molar-refractivity contribution in [2.45, 2.75) is 56.3 Å². The van der Waals surface area contributed by atoms with Gasteiger partial charge in [-0.05, 0) is 60.2 Å². The van der Waals surface area contributed by atoms with E-state index in [1.165, 1.54) is 17.0 Å². The van der Waals surface area contributed by atoms with Crippen LogP contribution >= 0.6 is 15.9 Å². The van der Waals surface area contributed by atoms with Crippen LogP contribution in [-0.2, 0) is 43.2 Å². The first-order valence-electron chi connectivity index (χ1n) is 15.3. The molecule has 47 heavy (non-hydrogen) atoms. The second-order valence-corrected chi connectivity index (χ2v) is 12.0. The van der Waals surface area contributed by atoms with Gasteiger partial charge in [0.2, 0.25) is 29.5 Å². The predicted octanol–water partition coefficient (Wildman–Crippen LogP) is 1.53. The molecule has 1 aliphatic rings. The Morgan fingerprint density at radius 2 is 1.43 bits per heavy atom. The Morgan fingerprint density at radius 3 is 2.06 bits per heavy atom. The topological polar surface area (TPSA) is 197 Å². The minimum atomic E-state index is -1.08. The summed E-state index contributed by atoms with van der Waals surface area (Å²) in [7, 11) is 0. The summed E-state index contributed by atoms with van der Waals surface area (Å²) >= 11 is 3.09. The normalized spacial score (nSPS) is 16.0. The minimum Gasteiger partial charge on any atom is -0.508 e. The first-order chi connectivity index (χ1) is 22.5. The van der Waals surface area contributed by atoms with Gasteiger partial charge in [-0.25, -0.2) is 0 Å². The molecule has 12 nitrogen and oxygen atoms in total. The second kappa shape index (κ2) is 16.7. The average Bonchev–Trinajstić information content (AvgIpc) is 3.56. The predicted molar refractivity (Wildman–Crippen MR) is 180 cm³/mol. The van der Waals surface area contributed by atoms with Crippen LogP contribution < -0.4 is 27.4 Å². The summed E-state index contributed by atoms with van der Waals surface area (Å²) in [5.41, 5.74) is 14.7.